The van der Waals surface area contributed by atoms with Gasteiger partial charge in [0.2, 0.25) is 0 Å². The molecular weight excluding hydrogens is 356 g/mol. The summed E-state index contributed by atoms with van der Waals surface area (Å²) in [5.74, 6) is -0.0266. The zero-order chi connectivity index (χ0) is 20.8. The van der Waals surface area contributed by atoms with E-state index in [1.807, 2.05) is 0 Å². The molecule has 0 fully saturated rings. The minimum absolute atomic E-state index is 0.190. The summed E-state index contributed by atoms with van der Waals surface area (Å²) < 4.78 is 0. The van der Waals surface area contributed by atoms with Gasteiger partial charge in [-0.15, -0.1) is 0 Å². The normalized spacial score (nSPS) is 10.4. The molecule has 0 aliphatic rings. The first-order valence-electron chi connectivity index (χ1n) is 10.1. The Bertz CT molecular complexity index is 617. The third-order valence-electron chi connectivity index (χ3n) is 4.37. The van der Waals surface area contributed by atoms with E-state index in [-0.39, 0.29) is 23.4 Å². The summed E-state index contributed by atoms with van der Waals surface area (Å²) in [5.41, 5.74) is 0.913. The van der Waals surface area contributed by atoms with Crippen molar-refractivity contribution in [2.75, 3.05) is 13.1 Å². The molecule has 6 nitrogen and oxygen atoms in total. The third kappa shape index (κ3) is 10.6. The standard InChI is InChI=1S/C22H32N2O4/c1-17(25)10-5-3-7-14-23-21(27)19-12-9-13-20(16-19)22(28)24-15-8-4-6-11-18(2)26/h9,12-13,16H,3-8,10-11,14-15H2,1-2H3,(H,23,27)(H,24,28). The van der Waals surface area contributed by atoms with Crippen molar-refractivity contribution >= 4 is 23.4 Å². The van der Waals surface area contributed by atoms with Crippen LogP contribution in [0.5, 0.6) is 0 Å². The first kappa shape index (κ1) is 23.5. The maximum atomic E-state index is 12.2. The van der Waals surface area contributed by atoms with E-state index in [9.17, 15) is 19.2 Å². The van der Waals surface area contributed by atoms with Crippen molar-refractivity contribution in [3.63, 3.8) is 0 Å². The van der Waals surface area contributed by atoms with Crippen molar-refractivity contribution in [3.05, 3.63) is 35.4 Å². The molecule has 2 N–H and O–H groups in total. The van der Waals surface area contributed by atoms with Gasteiger partial charge >= 0.3 is 0 Å². The van der Waals surface area contributed by atoms with E-state index in [1.54, 1.807) is 38.1 Å². The number of amides is 2. The first-order valence-corrected chi connectivity index (χ1v) is 10.1. The van der Waals surface area contributed by atoms with Crippen LogP contribution in [0, 0.1) is 0 Å². The highest BCUT2D eigenvalue weighted by molar-refractivity contribution is 5.99. The Labute approximate surface area is 167 Å². The van der Waals surface area contributed by atoms with Crippen LogP contribution in [0.2, 0.25) is 0 Å². The van der Waals surface area contributed by atoms with Crippen LogP contribution in [0.3, 0.4) is 0 Å². The maximum absolute atomic E-state index is 12.2. The average Bonchev–Trinajstić information content (AvgIpc) is 2.66. The summed E-state index contributed by atoms with van der Waals surface area (Å²) >= 11 is 0. The number of hydrogen-bond donors (Lipinski definition) is 2. The number of Topliss-reactive ketones (excluding diaryl/α,β-unsaturated/α-hetero) is 2. The summed E-state index contributed by atoms with van der Waals surface area (Å²) in [4.78, 5) is 46.2. The predicted octanol–water partition coefficient (Wildman–Crippen LogP) is 3.45. The monoisotopic (exact) mass is 388 g/mol. The van der Waals surface area contributed by atoms with Gasteiger partial charge in [0.05, 0.1) is 0 Å². The summed E-state index contributed by atoms with van der Waals surface area (Å²) in [6, 6.07) is 6.66. The molecule has 0 aliphatic heterocycles. The largest absolute Gasteiger partial charge is 0.352 e. The van der Waals surface area contributed by atoms with Gasteiger partial charge in [-0.2, -0.15) is 0 Å². The lowest BCUT2D eigenvalue weighted by Gasteiger charge is -2.08. The molecule has 0 heterocycles. The quantitative estimate of drug-likeness (QED) is 0.478. The number of benzene rings is 1. The van der Waals surface area contributed by atoms with Gasteiger partial charge in [-0.25, -0.2) is 0 Å². The van der Waals surface area contributed by atoms with Gasteiger partial charge in [0, 0.05) is 37.1 Å². The van der Waals surface area contributed by atoms with Crippen molar-refractivity contribution in [1.29, 1.82) is 0 Å². The molecule has 0 aromatic heterocycles. The van der Waals surface area contributed by atoms with Crippen LogP contribution < -0.4 is 10.6 Å². The molecule has 1 aromatic carbocycles. The van der Waals surface area contributed by atoms with E-state index in [4.69, 9.17) is 0 Å². The molecule has 28 heavy (non-hydrogen) atoms. The van der Waals surface area contributed by atoms with Gasteiger partial charge in [0.25, 0.3) is 11.8 Å². The van der Waals surface area contributed by atoms with Crippen LogP contribution in [0.1, 0.15) is 85.9 Å². The van der Waals surface area contributed by atoms with Crippen LogP contribution in [0.15, 0.2) is 24.3 Å². The molecule has 0 saturated heterocycles. The van der Waals surface area contributed by atoms with Crippen LogP contribution in [-0.2, 0) is 9.59 Å². The molecule has 0 radical (unpaired) electrons. The number of unbranched alkanes of at least 4 members (excludes halogenated alkanes) is 4. The predicted molar refractivity (Wildman–Crippen MR) is 109 cm³/mol. The molecule has 1 rings (SSSR count). The summed E-state index contributed by atoms with van der Waals surface area (Å²) in [7, 11) is 0. The molecule has 1 aromatic rings. The molecule has 0 spiro atoms. The van der Waals surface area contributed by atoms with E-state index in [1.165, 1.54) is 0 Å². The van der Waals surface area contributed by atoms with E-state index in [0.717, 1.165) is 38.5 Å². The lowest BCUT2D eigenvalue weighted by molar-refractivity contribution is -0.117. The second kappa shape index (κ2) is 13.6. The van der Waals surface area contributed by atoms with Gasteiger partial charge in [-0.05, 0) is 57.7 Å². The Balaban J connectivity index is 2.33. The number of rotatable bonds is 14. The van der Waals surface area contributed by atoms with Crippen LogP contribution in [0.25, 0.3) is 0 Å². The van der Waals surface area contributed by atoms with Crippen LogP contribution >= 0.6 is 0 Å². The fraction of sp³-hybridized carbons (Fsp3) is 0.545. The van der Waals surface area contributed by atoms with Crippen molar-refractivity contribution in [2.24, 2.45) is 0 Å². The maximum Gasteiger partial charge on any atom is 0.251 e. The second-order valence-electron chi connectivity index (χ2n) is 7.12. The Morgan fingerprint density at radius 1 is 0.679 bits per heavy atom. The molecule has 0 atom stereocenters. The second-order valence-corrected chi connectivity index (χ2v) is 7.12. The lowest BCUT2D eigenvalue weighted by Crippen LogP contribution is -2.26. The Kier molecular flexibility index (Phi) is 11.5. The Morgan fingerprint density at radius 3 is 1.50 bits per heavy atom. The minimum atomic E-state index is -0.203. The van der Waals surface area contributed by atoms with Gasteiger partial charge < -0.3 is 20.2 Å². The molecule has 2 amide bonds. The first-order chi connectivity index (χ1) is 13.4. The van der Waals surface area contributed by atoms with Crippen molar-refractivity contribution < 1.29 is 19.2 Å². The zero-order valence-electron chi connectivity index (χ0n) is 17.0. The number of carbonyl (C=O) groups excluding carboxylic acids is 4. The van der Waals surface area contributed by atoms with Gasteiger partial charge in [-0.3, -0.25) is 9.59 Å². The smallest absolute Gasteiger partial charge is 0.251 e. The zero-order valence-corrected chi connectivity index (χ0v) is 17.0. The summed E-state index contributed by atoms with van der Waals surface area (Å²) in [6.07, 6.45) is 6.30. The molecule has 0 saturated carbocycles. The number of ketones is 2. The average molecular weight is 389 g/mol. The van der Waals surface area contributed by atoms with Crippen LogP contribution in [-0.4, -0.2) is 36.5 Å². The van der Waals surface area contributed by atoms with E-state index < -0.39 is 0 Å². The Hall–Kier alpha value is -2.50. The van der Waals surface area contributed by atoms with Crippen molar-refractivity contribution in [2.45, 2.75) is 65.2 Å². The highest BCUT2D eigenvalue weighted by Crippen LogP contribution is 2.07. The molecular formula is C22H32N2O4. The van der Waals surface area contributed by atoms with E-state index >= 15 is 0 Å². The van der Waals surface area contributed by atoms with Crippen LogP contribution in [0.4, 0.5) is 0 Å². The SMILES string of the molecule is CC(=O)CCCCCNC(=O)c1cccc(C(=O)NCCCCCC(C)=O)c1. The number of carbonyl (C=O) groups is 4. The summed E-state index contributed by atoms with van der Waals surface area (Å²) in [5, 5.41) is 5.69. The van der Waals surface area contributed by atoms with Crippen molar-refractivity contribution in [1.82, 2.24) is 10.6 Å². The fourth-order valence-corrected chi connectivity index (χ4v) is 2.76. The molecule has 0 aliphatic carbocycles. The number of nitrogens with one attached hydrogen (secondary N) is 2. The molecule has 154 valence electrons. The third-order valence-corrected chi connectivity index (χ3v) is 4.37. The molecule has 0 bridgehead atoms. The minimum Gasteiger partial charge on any atom is -0.352 e. The molecule has 6 heteroatoms. The lowest BCUT2D eigenvalue weighted by atomic mass is 10.1. The molecule has 0 unspecified atom stereocenters. The summed E-state index contributed by atoms with van der Waals surface area (Å²) in [6.45, 7) is 4.26. The van der Waals surface area contributed by atoms with E-state index in [2.05, 4.69) is 10.6 Å². The highest BCUT2D eigenvalue weighted by Gasteiger charge is 2.10. The number of hydrogen-bond acceptors (Lipinski definition) is 4. The Morgan fingerprint density at radius 2 is 1.11 bits per heavy atom. The van der Waals surface area contributed by atoms with E-state index in [0.29, 0.717) is 37.1 Å². The van der Waals surface area contributed by atoms with Gasteiger partial charge in [-0.1, -0.05) is 18.9 Å². The fourth-order valence-electron chi connectivity index (χ4n) is 2.76. The topological polar surface area (TPSA) is 92.3 Å². The van der Waals surface area contributed by atoms with Gasteiger partial charge in [0.15, 0.2) is 0 Å². The highest BCUT2D eigenvalue weighted by atomic mass is 16.2. The van der Waals surface area contributed by atoms with Gasteiger partial charge in [0.1, 0.15) is 11.6 Å². The van der Waals surface area contributed by atoms with Crippen molar-refractivity contribution in [3.8, 4) is 0 Å².